The third-order valence-corrected chi connectivity index (χ3v) is 9.83. The summed E-state index contributed by atoms with van der Waals surface area (Å²) in [7, 11) is -2.54. The summed E-state index contributed by atoms with van der Waals surface area (Å²) in [5.74, 6) is -1.19. The highest BCUT2D eigenvalue weighted by Gasteiger charge is 2.47. The van der Waals surface area contributed by atoms with E-state index in [0.29, 0.717) is 29.7 Å². The van der Waals surface area contributed by atoms with Crippen molar-refractivity contribution in [2.75, 3.05) is 18.0 Å². The van der Waals surface area contributed by atoms with Crippen LogP contribution in [0, 0.1) is 12.8 Å². The van der Waals surface area contributed by atoms with Crippen LogP contribution in [0.15, 0.2) is 88.8 Å². The van der Waals surface area contributed by atoms with Crippen molar-refractivity contribution in [1.82, 2.24) is 4.90 Å². The van der Waals surface area contributed by atoms with Gasteiger partial charge in [0.1, 0.15) is 6.23 Å². The van der Waals surface area contributed by atoms with E-state index in [1.165, 1.54) is 16.3 Å². The van der Waals surface area contributed by atoms with E-state index in [0.717, 1.165) is 15.6 Å². The minimum atomic E-state index is -4.03. The molecular weight excluding hydrogens is 580 g/mol. The Morgan fingerprint density at radius 1 is 1.00 bits per heavy atom. The number of halogens is 1. The second-order valence-corrected chi connectivity index (χ2v) is 12.6. The number of nitrogens with zero attached hydrogens (tertiary/aromatic N) is 2. The van der Waals surface area contributed by atoms with Gasteiger partial charge in [-0.2, -0.15) is 0 Å². The Morgan fingerprint density at radius 3 is 2.23 bits per heavy atom. The van der Waals surface area contributed by atoms with Crippen molar-refractivity contribution in [3.8, 4) is 0 Å². The van der Waals surface area contributed by atoms with Crippen LogP contribution in [0.4, 0.5) is 5.69 Å². The Labute approximate surface area is 237 Å². The van der Waals surface area contributed by atoms with Crippen molar-refractivity contribution < 1.29 is 22.7 Å². The number of methoxy groups -OCH3 is 1. The number of carbonyl (C=O) groups is 2. The van der Waals surface area contributed by atoms with Gasteiger partial charge in [0.2, 0.25) is 0 Å². The van der Waals surface area contributed by atoms with Crippen molar-refractivity contribution in [3.05, 3.63) is 106 Å². The van der Waals surface area contributed by atoms with Crippen molar-refractivity contribution in [1.29, 1.82) is 0 Å². The summed E-state index contributed by atoms with van der Waals surface area (Å²) < 4.78 is 36.4. The van der Waals surface area contributed by atoms with Crippen LogP contribution in [0.25, 0.3) is 0 Å². The number of hydrogen-bond acceptors (Lipinski definition) is 5. The molecule has 3 aromatic rings. The smallest absolute Gasteiger partial charge is 0.266 e. The van der Waals surface area contributed by atoms with Crippen molar-refractivity contribution >= 4 is 43.5 Å². The maximum Gasteiger partial charge on any atom is 0.266 e. The number of ether oxygens (including phenoxy) is 1. The highest BCUT2D eigenvalue weighted by molar-refractivity contribution is 9.10. The lowest BCUT2D eigenvalue weighted by atomic mass is 9.77. The summed E-state index contributed by atoms with van der Waals surface area (Å²) in [6, 6.07) is 19.1. The van der Waals surface area contributed by atoms with Crippen LogP contribution in [-0.4, -0.2) is 45.0 Å². The molecule has 0 saturated heterocycles. The fourth-order valence-electron chi connectivity index (χ4n) is 5.67. The largest absolute Gasteiger partial charge is 0.360 e. The van der Waals surface area contributed by atoms with Crippen LogP contribution in [0.1, 0.15) is 50.6 Å². The summed E-state index contributed by atoms with van der Waals surface area (Å²) in [5.41, 5.74) is 3.09. The Morgan fingerprint density at radius 2 is 1.64 bits per heavy atom. The number of rotatable bonds is 8. The first kappa shape index (κ1) is 27.3. The molecule has 2 aliphatic heterocycles. The number of aryl methyl sites for hydroxylation is 1. The fourth-order valence-corrected chi connectivity index (χ4v) is 7.66. The van der Waals surface area contributed by atoms with E-state index in [1.807, 2.05) is 25.1 Å². The zero-order valence-corrected chi connectivity index (χ0v) is 24.1. The fraction of sp³-hybridized carbons (Fsp3) is 0.267. The molecule has 0 spiro atoms. The molecule has 9 heteroatoms. The first-order valence-electron chi connectivity index (χ1n) is 12.7. The van der Waals surface area contributed by atoms with Gasteiger partial charge in [0.05, 0.1) is 21.7 Å². The molecule has 2 amide bonds. The summed E-state index contributed by atoms with van der Waals surface area (Å²) >= 11 is 3.51. The first-order chi connectivity index (χ1) is 18.7. The van der Waals surface area contributed by atoms with Gasteiger partial charge in [-0.25, -0.2) is 12.7 Å². The number of anilines is 1. The quantitative estimate of drug-likeness (QED) is 0.235. The average Bonchev–Trinajstić information content (AvgIpc) is 3.16. The molecule has 2 heterocycles. The van der Waals surface area contributed by atoms with Crippen LogP contribution in [0.5, 0.6) is 0 Å². The normalized spacial score (nSPS) is 20.6. The third kappa shape index (κ3) is 4.73. The van der Waals surface area contributed by atoms with E-state index in [-0.39, 0.29) is 35.1 Å². The van der Waals surface area contributed by atoms with Crippen molar-refractivity contribution in [3.63, 3.8) is 0 Å². The van der Waals surface area contributed by atoms with E-state index in [9.17, 15) is 18.0 Å². The first-order valence-corrected chi connectivity index (χ1v) is 14.9. The second kappa shape index (κ2) is 10.7. The Hall–Kier alpha value is -3.27. The molecule has 39 heavy (non-hydrogen) atoms. The number of fused-ring (bicyclic) bond motifs is 2. The van der Waals surface area contributed by atoms with Gasteiger partial charge >= 0.3 is 0 Å². The molecule has 202 valence electrons. The third-order valence-electron chi connectivity index (χ3n) is 7.55. The van der Waals surface area contributed by atoms with E-state index in [1.54, 1.807) is 54.6 Å². The van der Waals surface area contributed by atoms with Gasteiger partial charge in [-0.05, 0) is 67.6 Å². The molecule has 5 rings (SSSR count). The number of allylic oxidation sites excluding steroid dienone is 1. The number of carbonyl (C=O) groups excluding carboxylic acids is 2. The van der Waals surface area contributed by atoms with Crippen LogP contribution in [0.3, 0.4) is 0 Å². The maximum atomic E-state index is 14.2. The molecule has 0 bridgehead atoms. The molecule has 0 fully saturated rings. The molecular formula is C30H29BrN2O5S. The SMILES string of the molecule is C=CCC1c2ccc(Br)cc2N(S(=O)(=O)c2ccc(C)cc2)C(OC)C1CCN1C(=O)c2ccccc2C1=O. The molecule has 2 aliphatic rings. The molecule has 3 atom stereocenters. The zero-order valence-electron chi connectivity index (χ0n) is 21.7. The van der Waals surface area contributed by atoms with Crippen LogP contribution in [-0.2, 0) is 14.8 Å². The molecule has 0 saturated carbocycles. The summed E-state index contributed by atoms with van der Waals surface area (Å²) in [6.45, 7) is 5.98. The molecule has 3 aromatic carbocycles. The predicted octanol–water partition coefficient (Wildman–Crippen LogP) is 5.90. The monoisotopic (exact) mass is 608 g/mol. The van der Waals surface area contributed by atoms with E-state index in [2.05, 4.69) is 22.5 Å². The van der Waals surface area contributed by atoms with E-state index in [4.69, 9.17) is 4.74 Å². The summed E-state index contributed by atoms with van der Waals surface area (Å²) in [5, 5.41) is 0. The number of amides is 2. The predicted molar refractivity (Wildman–Crippen MR) is 153 cm³/mol. The highest BCUT2D eigenvalue weighted by atomic mass is 79.9. The highest BCUT2D eigenvalue weighted by Crippen LogP contribution is 2.48. The Bertz CT molecular complexity index is 1520. The zero-order chi connectivity index (χ0) is 27.9. The van der Waals surface area contributed by atoms with Gasteiger partial charge in [-0.1, -0.05) is 57.9 Å². The molecule has 3 unspecified atom stereocenters. The molecule has 0 radical (unpaired) electrons. The average molecular weight is 610 g/mol. The van der Waals surface area contributed by atoms with E-state index >= 15 is 0 Å². The lowest BCUT2D eigenvalue weighted by molar-refractivity contribution is 0.0338. The van der Waals surface area contributed by atoms with Gasteiger partial charge in [0.25, 0.3) is 21.8 Å². The number of sulfonamides is 1. The summed E-state index contributed by atoms with van der Waals surface area (Å²) in [6.07, 6.45) is 1.85. The summed E-state index contributed by atoms with van der Waals surface area (Å²) in [4.78, 5) is 27.5. The standard InChI is InChI=1S/C30H29BrN2O5S/c1-4-7-22-23-15-12-20(31)18-27(23)33(39(36,37)21-13-10-19(2)11-14-21)30(38-3)26(22)16-17-32-28(34)24-8-5-6-9-25(24)29(32)35/h4-6,8-15,18,22,26,30H,1,7,16-17H2,2-3H3. The van der Waals surface area contributed by atoms with Gasteiger partial charge in [0.15, 0.2) is 0 Å². The molecule has 0 aromatic heterocycles. The van der Waals surface area contributed by atoms with Gasteiger partial charge < -0.3 is 4.74 Å². The Balaban J connectivity index is 1.57. The van der Waals surface area contributed by atoms with E-state index < -0.39 is 16.3 Å². The van der Waals surface area contributed by atoms with Crippen molar-refractivity contribution in [2.24, 2.45) is 5.92 Å². The van der Waals surface area contributed by atoms with Gasteiger partial charge in [-0.15, -0.1) is 6.58 Å². The lowest BCUT2D eigenvalue weighted by Gasteiger charge is -2.46. The maximum absolute atomic E-state index is 14.2. The van der Waals surface area contributed by atoms with Crippen LogP contribution < -0.4 is 4.31 Å². The Kier molecular flexibility index (Phi) is 7.50. The van der Waals surface area contributed by atoms with Crippen molar-refractivity contribution in [2.45, 2.75) is 36.8 Å². The number of benzene rings is 3. The van der Waals surface area contributed by atoms with Gasteiger partial charge in [-0.3, -0.25) is 14.5 Å². The van der Waals surface area contributed by atoms with Gasteiger partial charge in [0, 0.05) is 24.0 Å². The molecule has 7 nitrogen and oxygen atoms in total. The number of hydrogen-bond donors (Lipinski definition) is 0. The minimum absolute atomic E-state index is 0.134. The number of imide groups is 1. The topological polar surface area (TPSA) is 84.0 Å². The van der Waals surface area contributed by atoms with Crippen LogP contribution >= 0.6 is 15.9 Å². The molecule has 0 aliphatic carbocycles. The lowest BCUT2D eigenvalue weighted by Crippen LogP contribution is -2.52. The minimum Gasteiger partial charge on any atom is -0.360 e. The van der Waals surface area contributed by atoms with Crippen LogP contribution in [0.2, 0.25) is 0 Å². The second-order valence-electron chi connectivity index (χ2n) is 9.83. The molecule has 0 N–H and O–H groups in total.